The van der Waals surface area contributed by atoms with Crippen molar-refractivity contribution in [1.82, 2.24) is 9.13 Å². The Bertz CT molecular complexity index is 3660. The van der Waals surface area contributed by atoms with Gasteiger partial charge in [-0.25, -0.2) is 0 Å². The van der Waals surface area contributed by atoms with Crippen molar-refractivity contribution in [2.24, 2.45) is 0 Å². The van der Waals surface area contributed by atoms with E-state index in [2.05, 4.69) is 181 Å². The zero-order chi connectivity index (χ0) is 36.9. The molecule has 0 fully saturated rings. The Hall–Kier alpha value is -6.40. The fraction of sp³-hybridized carbons (Fsp3) is 0.0588. The number of thiophene rings is 2. The summed E-state index contributed by atoms with van der Waals surface area (Å²) in [7, 11) is 0. The van der Waals surface area contributed by atoms with E-state index in [-0.39, 0.29) is 5.41 Å². The lowest BCUT2D eigenvalue weighted by Gasteiger charge is -2.35. The molecule has 5 heterocycles. The molecular weight excluding hydrogens is 721 g/mol. The van der Waals surface area contributed by atoms with Crippen LogP contribution in [0.1, 0.15) is 25.0 Å². The lowest BCUT2D eigenvalue weighted by atomic mass is 9.75. The molecule has 0 amide bonds. The number of hydrogen-bond donors (Lipinski definition) is 0. The van der Waals surface area contributed by atoms with Crippen LogP contribution in [0.3, 0.4) is 0 Å². The third kappa shape index (κ3) is 3.96. The number of rotatable bonds is 2. The van der Waals surface area contributed by atoms with Gasteiger partial charge in [0.15, 0.2) is 0 Å². The van der Waals surface area contributed by atoms with E-state index in [4.69, 9.17) is 4.74 Å². The van der Waals surface area contributed by atoms with Crippen LogP contribution in [0.2, 0.25) is 0 Å². The molecule has 13 rings (SSSR count). The maximum atomic E-state index is 7.11. The standard InChI is InChI=1S/C51H32N2OS2/c1-51(2)37-25-35-29-13-3-7-19-39(29)53(42-22-12-18-34-32-16-6-10-24-48(32)56-50(34)42)44(35)28-46(37)54-45-26-36-30-14-4-8-20-40(30)52(43(36)27-38(45)51)41-21-11-17-33-31-15-5-9-23-47(31)55-49(33)41/h3-28H,1-2H3. The number of benzene rings is 8. The molecular formula is C51H32N2OS2. The quantitative estimate of drug-likeness (QED) is 0.172. The average molecular weight is 753 g/mol. The van der Waals surface area contributed by atoms with Gasteiger partial charge in [0.1, 0.15) is 11.5 Å². The lowest BCUT2D eigenvalue weighted by molar-refractivity contribution is 0.420. The summed E-state index contributed by atoms with van der Waals surface area (Å²) in [6.45, 7) is 4.73. The lowest BCUT2D eigenvalue weighted by Crippen LogP contribution is -2.24. The molecule has 0 N–H and O–H groups in total. The molecule has 0 radical (unpaired) electrons. The number of hydrogen-bond acceptors (Lipinski definition) is 3. The van der Waals surface area contributed by atoms with Gasteiger partial charge < -0.3 is 13.9 Å². The van der Waals surface area contributed by atoms with E-state index in [1.165, 1.54) is 101 Å². The molecule has 4 aromatic heterocycles. The highest BCUT2D eigenvalue weighted by atomic mass is 32.1. The second-order valence-electron chi connectivity index (χ2n) is 15.7. The first-order chi connectivity index (χ1) is 27.5. The number of fused-ring (bicyclic) bond motifs is 14. The highest BCUT2D eigenvalue weighted by Gasteiger charge is 2.36. The summed E-state index contributed by atoms with van der Waals surface area (Å²) in [5, 5.41) is 10.1. The van der Waals surface area contributed by atoms with E-state index in [1.54, 1.807) is 0 Å². The first-order valence-electron chi connectivity index (χ1n) is 19.2. The predicted molar refractivity (Wildman–Crippen MR) is 240 cm³/mol. The van der Waals surface area contributed by atoms with E-state index in [1.807, 2.05) is 22.7 Å². The molecule has 0 atom stereocenters. The van der Waals surface area contributed by atoms with Gasteiger partial charge in [-0.1, -0.05) is 111 Å². The number of aromatic nitrogens is 2. The minimum Gasteiger partial charge on any atom is -0.457 e. The van der Waals surface area contributed by atoms with Crippen LogP contribution >= 0.6 is 22.7 Å². The van der Waals surface area contributed by atoms with Crippen LogP contribution in [0.4, 0.5) is 0 Å². The van der Waals surface area contributed by atoms with Crippen LogP contribution in [-0.2, 0) is 5.41 Å². The van der Waals surface area contributed by atoms with E-state index in [9.17, 15) is 0 Å². The van der Waals surface area contributed by atoms with Gasteiger partial charge in [0.25, 0.3) is 0 Å². The molecule has 5 heteroatoms. The maximum Gasteiger partial charge on any atom is 0.133 e. The molecule has 8 aromatic carbocycles. The fourth-order valence-corrected chi connectivity index (χ4v) is 12.1. The molecule has 0 saturated heterocycles. The zero-order valence-corrected chi connectivity index (χ0v) is 32.3. The Kier molecular flexibility index (Phi) is 6.00. The largest absolute Gasteiger partial charge is 0.457 e. The summed E-state index contributed by atoms with van der Waals surface area (Å²) in [6.07, 6.45) is 0. The first-order valence-corrected chi connectivity index (χ1v) is 20.8. The molecule has 0 unspecified atom stereocenters. The van der Waals surface area contributed by atoms with Crippen LogP contribution < -0.4 is 4.74 Å². The van der Waals surface area contributed by atoms with Crippen LogP contribution in [0.5, 0.6) is 11.5 Å². The maximum absolute atomic E-state index is 7.11. The molecule has 0 bridgehead atoms. The Balaban J connectivity index is 1.06. The Morgan fingerprint density at radius 3 is 1.43 bits per heavy atom. The van der Waals surface area contributed by atoms with Gasteiger partial charge in [0.2, 0.25) is 0 Å². The van der Waals surface area contributed by atoms with Gasteiger partial charge in [-0.3, -0.25) is 0 Å². The summed E-state index contributed by atoms with van der Waals surface area (Å²) in [5.41, 5.74) is 9.25. The molecule has 1 aliphatic heterocycles. The Morgan fingerprint density at radius 1 is 0.393 bits per heavy atom. The molecule has 56 heavy (non-hydrogen) atoms. The molecule has 0 saturated carbocycles. The summed E-state index contributed by atoms with van der Waals surface area (Å²) in [5.74, 6) is 1.84. The van der Waals surface area contributed by atoms with E-state index in [0.717, 1.165) is 17.0 Å². The smallest absolute Gasteiger partial charge is 0.133 e. The number of ether oxygens (including phenoxy) is 1. The molecule has 0 aliphatic carbocycles. The Labute approximate surface area is 329 Å². The van der Waals surface area contributed by atoms with Gasteiger partial charge in [-0.2, -0.15) is 0 Å². The third-order valence-corrected chi connectivity index (χ3v) is 14.8. The number of nitrogens with zero attached hydrogens (tertiary/aromatic N) is 2. The molecule has 1 aliphatic rings. The molecule has 12 aromatic rings. The molecule has 0 spiro atoms. The SMILES string of the molecule is CC1(C)c2cc3c4ccccc4n(-c4cccc5c4sc4ccccc45)c3cc2Oc2cc3c4ccccc4n(-c4cccc5c4sc4ccccc45)c3cc21. The highest BCUT2D eigenvalue weighted by Crippen LogP contribution is 2.53. The fourth-order valence-electron chi connectivity index (χ4n) is 9.74. The summed E-state index contributed by atoms with van der Waals surface area (Å²) >= 11 is 3.75. The van der Waals surface area contributed by atoms with Crippen LogP contribution in [0.15, 0.2) is 158 Å². The molecule has 3 nitrogen and oxygen atoms in total. The zero-order valence-electron chi connectivity index (χ0n) is 30.6. The second-order valence-corrected chi connectivity index (χ2v) is 17.8. The van der Waals surface area contributed by atoms with E-state index in [0.29, 0.717) is 0 Å². The third-order valence-electron chi connectivity index (χ3n) is 12.4. The van der Waals surface area contributed by atoms with Crippen molar-refractivity contribution in [1.29, 1.82) is 0 Å². The van der Waals surface area contributed by atoms with Gasteiger partial charge in [-0.15, -0.1) is 22.7 Å². The van der Waals surface area contributed by atoms with Gasteiger partial charge in [-0.05, 0) is 54.6 Å². The van der Waals surface area contributed by atoms with Crippen LogP contribution in [-0.4, -0.2) is 9.13 Å². The van der Waals surface area contributed by atoms with E-state index < -0.39 is 0 Å². The van der Waals surface area contributed by atoms with Gasteiger partial charge >= 0.3 is 0 Å². The summed E-state index contributed by atoms with van der Waals surface area (Å²) in [4.78, 5) is 0. The van der Waals surface area contributed by atoms with Crippen molar-refractivity contribution in [3.8, 4) is 22.9 Å². The monoisotopic (exact) mass is 752 g/mol. The highest BCUT2D eigenvalue weighted by molar-refractivity contribution is 7.26. The predicted octanol–water partition coefficient (Wildman–Crippen LogP) is 15.0. The van der Waals surface area contributed by atoms with Crippen molar-refractivity contribution in [2.45, 2.75) is 19.3 Å². The first kappa shape index (κ1) is 30.9. The topological polar surface area (TPSA) is 19.1 Å². The van der Waals surface area contributed by atoms with Crippen molar-refractivity contribution >= 4 is 107 Å². The minimum atomic E-state index is -0.328. The normalized spacial score (nSPS) is 13.8. The van der Waals surface area contributed by atoms with Crippen molar-refractivity contribution < 1.29 is 4.74 Å². The average Bonchev–Trinajstić information content (AvgIpc) is 3.97. The summed E-state index contributed by atoms with van der Waals surface area (Å²) < 4.78 is 17.3. The Morgan fingerprint density at radius 2 is 0.839 bits per heavy atom. The van der Waals surface area contributed by atoms with Crippen molar-refractivity contribution in [2.75, 3.05) is 0 Å². The van der Waals surface area contributed by atoms with Crippen LogP contribution in [0.25, 0.3) is 95.3 Å². The van der Waals surface area contributed by atoms with Gasteiger partial charge in [0.05, 0.1) is 42.8 Å². The molecule has 264 valence electrons. The number of para-hydroxylation sites is 2. The van der Waals surface area contributed by atoms with Gasteiger partial charge in [0, 0.05) is 75.1 Å². The summed E-state index contributed by atoms with van der Waals surface area (Å²) in [6, 6.07) is 58.1. The van der Waals surface area contributed by atoms with Crippen molar-refractivity contribution in [3.05, 3.63) is 169 Å². The second kappa shape index (κ2) is 10.9. The minimum absolute atomic E-state index is 0.328. The van der Waals surface area contributed by atoms with E-state index >= 15 is 0 Å². The van der Waals surface area contributed by atoms with Crippen LogP contribution in [0, 0.1) is 0 Å². The van der Waals surface area contributed by atoms with Crippen molar-refractivity contribution in [3.63, 3.8) is 0 Å².